The van der Waals surface area contributed by atoms with E-state index in [1.165, 1.54) is 4.88 Å². The molecule has 0 bridgehead atoms. The number of carbonyl (C=O) groups excluding carboxylic acids is 2. The maximum Gasteiger partial charge on any atom is 0.227 e. The number of carbonyl (C=O) groups is 2. The summed E-state index contributed by atoms with van der Waals surface area (Å²) in [6.07, 6.45) is 2.29. The summed E-state index contributed by atoms with van der Waals surface area (Å²) in [7, 11) is 3.18. The van der Waals surface area contributed by atoms with Gasteiger partial charge in [-0.2, -0.15) is 0 Å². The normalized spacial score (nSPS) is 18.4. The van der Waals surface area contributed by atoms with Gasteiger partial charge in [0.15, 0.2) is 5.13 Å². The number of amides is 2. The predicted molar refractivity (Wildman–Crippen MR) is 120 cm³/mol. The summed E-state index contributed by atoms with van der Waals surface area (Å²) in [6, 6.07) is 5.36. The van der Waals surface area contributed by atoms with E-state index in [0.717, 1.165) is 49.8 Å². The van der Waals surface area contributed by atoms with Gasteiger partial charge in [0.1, 0.15) is 11.5 Å². The van der Waals surface area contributed by atoms with Gasteiger partial charge in [-0.3, -0.25) is 9.59 Å². The number of anilines is 2. The standard InChI is InChI=1S/C22H28N4O4S/c1-14(27)25-6-8-26(9-7-25)22-24-19-5-4-15(10-20(19)31-22)21(28)23-16-11-17(29-2)13-18(12-16)30-3/h11-13,15H,4-10H2,1-3H3,(H,23,28)/t15-/m1/s1. The van der Waals surface area contributed by atoms with Gasteiger partial charge in [0, 0.05) is 67.8 Å². The van der Waals surface area contributed by atoms with Crippen molar-refractivity contribution < 1.29 is 19.1 Å². The van der Waals surface area contributed by atoms with Crippen LogP contribution in [0.1, 0.15) is 23.9 Å². The number of aryl methyl sites for hydroxylation is 1. The molecule has 1 atom stereocenters. The number of methoxy groups -OCH3 is 2. The van der Waals surface area contributed by atoms with Crippen molar-refractivity contribution in [1.82, 2.24) is 9.88 Å². The Labute approximate surface area is 186 Å². The molecule has 31 heavy (non-hydrogen) atoms. The number of fused-ring (bicyclic) bond motifs is 1. The molecule has 1 N–H and O–H groups in total. The number of piperazine rings is 1. The van der Waals surface area contributed by atoms with Crippen LogP contribution >= 0.6 is 11.3 Å². The van der Waals surface area contributed by atoms with E-state index < -0.39 is 0 Å². The van der Waals surface area contributed by atoms with Crippen molar-refractivity contribution in [2.24, 2.45) is 5.92 Å². The molecule has 0 spiro atoms. The van der Waals surface area contributed by atoms with Crippen molar-refractivity contribution in [3.05, 3.63) is 28.8 Å². The van der Waals surface area contributed by atoms with Crippen LogP contribution in [0.2, 0.25) is 0 Å². The Morgan fingerprint density at radius 1 is 1.10 bits per heavy atom. The molecule has 4 rings (SSSR count). The van der Waals surface area contributed by atoms with Crippen LogP contribution in [0.25, 0.3) is 0 Å². The first kappa shape index (κ1) is 21.4. The Balaban J connectivity index is 1.40. The third-order valence-electron chi connectivity index (χ3n) is 5.91. The van der Waals surface area contributed by atoms with Gasteiger partial charge >= 0.3 is 0 Å². The fourth-order valence-corrected chi connectivity index (χ4v) is 5.29. The Bertz CT molecular complexity index is 946. The SMILES string of the molecule is COc1cc(NC(=O)[C@@H]2CCc3nc(N4CCN(C(C)=O)CC4)sc3C2)cc(OC)c1. The Morgan fingerprint density at radius 2 is 1.77 bits per heavy atom. The number of hydrogen-bond donors (Lipinski definition) is 1. The fraction of sp³-hybridized carbons (Fsp3) is 0.500. The first-order chi connectivity index (χ1) is 15.0. The Kier molecular flexibility index (Phi) is 6.31. The largest absolute Gasteiger partial charge is 0.497 e. The Hall–Kier alpha value is -2.81. The number of aromatic nitrogens is 1. The molecule has 1 aromatic carbocycles. The van der Waals surface area contributed by atoms with Crippen molar-refractivity contribution >= 4 is 34.0 Å². The molecule has 1 aliphatic carbocycles. The molecule has 8 nitrogen and oxygen atoms in total. The summed E-state index contributed by atoms with van der Waals surface area (Å²) in [4.78, 5) is 34.6. The van der Waals surface area contributed by atoms with Gasteiger partial charge in [-0.25, -0.2) is 4.98 Å². The lowest BCUT2D eigenvalue weighted by atomic mass is 9.90. The first-order valence-electron chi connectivity index (χ1n) is 10.5. The van der Waals surface area contributed by atoms with E-state index in [1.54, 1.807) is 50.7 Å². The van der Waals surface area contributed by atoms with E-state index >= 15 is 0 Å². The number of nitrogens with zero attached hydrogens (tertiary/aromatic N) is 3. The molecule has 0 unspecified atom stereocenters. The van der Waals surface area contributed by atoms with Crippen LogP contribution in [0, 0.1) is 5.92 Å². The van der Waals surface area contributed by atoms with E-state index in [0.29, 0.717) is 23.6 Å². The molecule has 2 amide bonds. The summed E-state index contributed by atoms with van der Waals surface area (Å²) in [5.41, 5.74) is 1.78. The third-order valence-corrected chi connectivity index (χ3v) is 7.09. The van der Waals surface area contributed by atoms with Crippen LogP contribution < -0.4 is 19.7 Å². The highest BCUT2D eigenvalue weighted by atomic mass is 32.1. The maximum absolute atomic E-state index is 12.9. The number of hydrogen-bond acceptors (Lipinski definition) is 7. The van der Waals surface area contributed by atoms with Crippen LogP contribution in [0.5, 0.6) is 11.5 Å². The molecule has 2 heterocycles. The van der Waals surface area contributed by atoms with E-state index in [9.17, 15) is 9.59 Å². The second kappa shape index (κ2) is 9.13. The summed E-state index contributed by atoms with van der Waals surface area (Å²) in [5, 5.41) is 4.02. The van der Waals surface area contributed by atoms with Crippen molar-refractivity contribution in [2.45, 2.75) is 26.2 Å². The van der Waals surface area contributed by atoms with Crippen LogP contribution in [0.3, 0.4) is 0 Å². The zero-order chi connectivity index (χ0) is 22.0. The molecule has 0 saturated carbocycles. The molecule has 1 saturated heterocycles. The molecule has 1 aliphatic heterocycles. The maximum atomic E-state index is 12.9. The monoisotopic (exact) mass is 444 g/mol. The molecule has 1 aromatic heterocycles. The van der Waals surface area contributed by atoms with Gasteiger partial charge in [-0.05, 0) is 19.3 Å². The average molecular weight is 445 g/mol. The van der Waals surface area contributed by atoms with Gasteiger partial charge in [0.2, 0.25) is 11.8 Å². The van der Waals surface area contributed by atoms with Crippen LogP contribution in [-0.4, -0.2) is 62.1 Å². The smallest absolute Gasteiger partial charge is 0.227 e. The minimum atomic E-state index is -0.0902. The fourth-order valence-electron chi connectivity index (χ4n) is 4.06. The van der Waals surface area contributed by atoms with Crippen molar-refractivity contribution in [3.63, 3.8) is 0 Å². The lowest BCUT2D eigenvalue weighted by Gasteiger charge is -2.33. The molecular weight excluding hydrogens is 416 g/mol. The summed E-state index contributed by atoms with van der Waals surface area (Å²) in [6.45, 7) is 4.68. The van der Waals surface area contributed by atoms with Crippen LogP contribution in [0.15, 0.2) is 18.2 Å². The number of rotatable bonds is 5. The second-order valence-electron chi connectivity index (χ2n) is 7.89. The lowest BCUT2D eigenvalue weighted by Crippen LogP contribution is -2.48. The predicted octanol–water partition coefficient (Wildman–Crippen LogP) is 2.57. The highest BCUT2D eigenvalue weighted by Crippen LogP contribution is 2.35. The van der Waals surface area contributed by atoms with E-state index in [2.05, 4.69) is 10.2 Å². The molecule has 1 fully saturated rings. The Morgan fingerprint density at radius 3 is 2.39 bits per heavy atom. The molecule has 166 valence electrons. The van der Waals surface area contributed by atoms with Crippen LogP contribution in [0.4, 0.5) is 10.8 Å². The summed E-state index contributed by atoms with van der Waals surface area (Å²) < 4.78 is 10.6. The molecule has 9 heteroatoms. The molecule has 0 radical (unpaired) electrons. The highest BCUT2D eigenvalue weighted by Gasteiger charge is 2.29. The number of benzene rings is 1. The molecular formula is C22H28N4O4S. The molecule has 2 aromatic rings. The summed E-state index contributed by atoms with van der Waals surface area (Å²) in [5.74, 6) is 1.31. The van der Waals surface area contributed by atoms with Gasteiger partial charge in [-0.15, -0.1) is 11.3 Å². The van der Waals surface area contributed by atoms with E-state index in [1.807, 2.05) is 4.90 Å². The van der Waals surface area contributed by atoms with Gasteiger partial charge < -0.3 is 24.6 Å². The van der Waals surface area contributed by atoms with E-state index in [4.69, 9.17) is 14.5 Å². The average Bonchev–Trinajstić information content (AvgIpc) is 3.22. The number of thiazole rings is 1. The third kappa shape index (κ3) is 4.76. The van der Waals surface area contributed by atoms with Crippen LogP contribution in [-0.2, 0) is 22.4 Å². The highest BCUT2D eigenvalue weighted by molar-refractivity contribution is 7.15. The van der Waals surface area contributed by atoms with Crippen molar-refractivity contribution in [1.29, 1.82) is 0 Å². The van der Waals surface area contributed by atoms with Gasteiger partial charge in [0.05, 0.1) is 19.9 Å². The summed E-state index contributed by atoms with van der Waals surface area (Å²) >= 11 is 1.68. The zero-order valence-corrected chi connectivity index (χ0v) is 19.0. The number of ether oxygens (including phenoxy) is 2. The lowest BCUT2D eigenvalue weighted by molar-refractivity contribution is -0.129. The quantitative estimate of drug-likeness (QED) is 0.763. The number of nitrogens with one attached hydrogen (secondary N) is 1. The first-order valence-corrected chi connectivity index (χ1v) is 11.3. The van der Waals surface area contributed by atoms with Gasteiger partial charge in [-0.1, -0.05) is 0 Å². The second-order valence-corrected chi connectivity index (χ2v) is 8.95. The van der Waals surface area contributed by atoms with Gasteiger partial charge in [0.25, 0.3) is 0 Å². The minimum Gasteiger partial charge on any atom is -0.497 e. The van der Waals surface area contributed by atoms with Crippen molar-refractivity contribution in [3.8, 4) is 11.5 Å². The van der Waals surface area contributed by atoms with E-state index in [-0.39, 0.29) is 17.7 Å². The van der Waals surface area contributed by atoms with Crippen molar-refractivity contribution in [2.75, 3.05) is 50.6 Å². The minimum absolute atomic E-state index is 0.00554. The topological polar surface area (TPSA) is 84.0 Å². The zero-order valence-electron chi connectivity index (χ0n) is 18.1. The molecule has 2 aliphatic rings.